The third-order valence-corrected chi connectivity index (χ3v) is 1.65. The zero-order valence-electron chi connectivity index (χ0n) is 6.08. The summed E-state index contributed by atoms with van der Waals surface area (Å²) in [6.45, 7) is -0.560. The average molecular weight is 178 g/mol. The molecule has 5 N–H and O–H groups in total. The normalized spacial score (nSPS) is 36.4. The van der Waals surface area contributed by atoms with Crippen molar-refractivity contribution in [2.24, 2.45) is 0 Å². The fourth-order valence-corrected chi connectivity index (χ4v) is 0.910. The molecule has 0 radical (unpaired) electrons. The van der Waals surface area contributed by atoms with Gasteiger partial charge in [0, 0.05) is 0 Å². The highest BCUT2D eigenvalue weighted by Crippen LogP contribution is 2.20. The summed E-state index contributed by atoms with van der Waals surface area (Å²) in [5.41, 5.74) is 0. The lowest BCUT2D eigenvalue weighted by molar-refractivity contribution is -0.137. The fourth-order valence-electron chi connectivity index (χ4n) is 0.910. The zero-order valence-corrected chi connectivity index (χ0v) is 6.08. The SMILES string of the molecule is OCC1OC(O)=C(O)[C@@H](O)[C@H]1O. The molecule has 0 saturated carbocycles. The molecule has 0 fully saturated rings. The first-order valence-corrected chi connectivity index (χ1v) is 3.33. The van der Waals surface area contributed by atoms with Crippen molar-refractivity contribution in [1.82, 2.24) is 0 Å². The molecule has 1 unspecified atom stereocenters. The number of rotatable bonds is 1. The van der Waals surface area contributed by atoms with E-state index >= 15 is 0 Å². The maximum absolute atomic E-state index is 9.09. The van der Waals surface area contributed by atoms with Crippen molar-refractivity contribution in [2.75, 3.05) is 6.61 Å². The summed E-state index contributed by atoms with van der Waals surface area (Å²) in [5.74, 6) is -1.70. The Morgan fingerprint density at radius 2 is 1.83 bits per heavy atom. The maximum Gasteiger partial charge on any atom is 0.319 e. The summed E-state index contributed by atoms with van der Waals surface area (Å²) in [4.78, 5) is 0. The minimum Gasteiger partial charge on any atom is -0.504 e. The van der Waals surface area contributed by atoms with Crippen LogP contribution in [0.3, 0.4) is 0 Å². The molecule has 6 heteroatoms. The molecule has 0 spiro atoms. The predicted molar refractivity (Wildman–Crippen MR) is 36.3 cm³/mol. The first-order valence-electron chi connectivity index (χ1n) is 3.33. The molecule has 0 aliphatic carbocycles. The standard InChI is InChI=1S/C6H10O6/c7-1-2-3(8)4(9)5(10)6(11)12-2/h2-4,7-11H,1H2/t2?,3-,4-/m0/s1. The molecule has 0 aromatic rings. The third-order valence-electron chi connectivity index (χ3n) is 1.65. The Balaban J connectivity index is 2.83. The molecule has 1 rings (SSSR count). The van der Waals surface area contributed by atoms with Gasteiger partial charge in [0.15, 0.2) is 6.10 Å². The van der Waals surface area contributed by atoms with Gasteiger partial charge in [0.05, 0.1) is 6.61 Å². The van der Waals surface area contributed by atoms with Crippen LogP contribution in [0, 0.1) is 0 Å². The summed E-state index contributed by atoms with van der Waals surface area (Å²) >= 11 is 0. The molecule has 12 heavy (non-hydrogen) atoms. The lowest BCUT2D eigenvalue weighted by atomic mass is 10.1. The second-order valence-corrected chi connectivity index (χ2v) is 2.46. The lowest BCUT2D eigenvalue weighted by Gasteiger charge is -2.29. The first kappa shape index (κ1) is 9.11. The van der Waals surface area contributed by atoms with Gasteiger partial charge in [-0.25, -0.2) is 0 Å². The van der Waals surface area contributed by atoms with E-state index in [9.17, 15) is 0 Å². The van der Waals surface area contributed by atoms with Crippen LogP contribution in [0.5, 0.6) is 0 Å². The first-order chi connectivity index (χ1) is 5.57. The highest BCUT2D eigenvalue weighted by molar-refractivity contribution is 5.07. The van der Waals surface area contributed by atoms with Crippen molar-refractivity contribution >= 4 is 0 Å². The zero-order chi connectivity index (χ0) is 9.30. The molecule has 0 bridgehead atoms. The fraction of sp³-hybridized carbons (Fsp3) is 0.667. The van der Waals surface area contributed by atoms with E-state index in [4.69, 9.17) is 25.5 Å². The van der Waals surface area contributed by atoms with Crippen LogP contribution < -0.4 is 0 Å². The van der Waals surface area contributed by atoms with Crippen LogP contribution in [-0.4, -0.2) is 50.5 Å². The molecule has 1 aliphatic rings. The smallest absolute Gasteiger partial charge is 0.319 e. The second-order valence-electron chi connectivity index (χ2n) is 2.46. The molecular weight excluding hydrogens is 168 g/mol. The third kappa shape index (κ3) is 1.31. The van der Waals surface area contributed by atoms with Crippen molar-refractivity contribution in [3.63, 3.8) is 0 Å². The second kappa shape index (κ2) is 3.18. The summed E-state index contributed by atoms with van der Waals surface area (Å²) in [7, 11) is 0. The quantitative estimate of drug-likeness (QED) is 0.330. The Bertz CT molecular complexity index is 200. The van der Waals surface area contributed by atoms with E-state index in [1.54, 1.807) is 0 Å². The van der Waals surface area contributed by atoms with Gasteiger partial charge < -0.3 is 30.3 Å². The van der Waals surface area contributed by atoms with E-state index in [0.717, 1.165) is 0 Å². The summed E-state index contributed by atoms with van der Waals surface area (Å²) in [6, 6.07) is 0. The minimum atomic E-state index is -1.61. The Labute approximate surface area is 68.0 Å². The van der Waals surface area contributed by atoms with E-state index in [1.807, 2.05) is 0 Å². The van der Waals surface area contributed by atoms with Gasteiger partial charge in [0.2, 0.25) is 5.76 Å². The number of aliphatic hydroxyl groups is 5. The van der Waals surface area contributed by atoms with Crippen molar-refractivity contribution in [1.29, 1.82) is 0 Å². The largest absolute Gasteiger partial charge is 0.504 e. The van der Waals surface area contributed by atoms with Crippen LogP contribution in [0.15, 0.2) is 11.7 Å². The molecular formula is C6H10O6. The highest BCUT2D eigenvalue weighted by atomic mass is 16.6. The van der Waals surface area contributed by atoms with Crippen molar-refractivity contribution in [2.45, 2.75) is 18.3 Å². The topological polar surface area (TPSA) is 110 Å². The van der Waals surface area contributed by atoms with Crippen LogP contribution in [0.2, 0.25) is 0 Å². The van der Waals surface area contributed by atoms with Crippen molar-refractivity contribution in [3.05, 3.63) is 11.7 Å². The van der Waals surface area contributed by atoms with Gasteiger partial charge in [-0.1, -0.05) is 0 Å². The molecule has 0 aromatic heterocycles. The number of ether oxygens (including phenoxy) is 1. The van der Waals surface area contributed by atoms with Gasteiger partial charge in [-0.05, 0) is 0 Å². The summed E-state index contributed by atoms with van der Waals surface area (Å²) in [6.07, 6.45) is -4.17. The van der Waals surface area contributed by atoms with Crippen LogP contribution >= 0.6 is 0 Å². The van der Waals surface area contributed by atoms with E-state index in [-0.39, 0.29) is 0 Å². The van der Waals surface area contributed by atoms with E-state index in [2.05, 4.69) is 4.74 Å². The van der Waals surface area contributed by atoms with E-state index in [1.165, 1.54) is 0 Å². The molecule has 0 saturated heterocycles. The van der Waals surface area contributed by atoms with Gasteiger partial charge in [-0.2, -0.15) is 0 Å². The molecule has 1 aliphatic heterocycles. The van der Waals surface area contributed by atoms with Crippen LogP contribution in [0.1, 0.15) is 0 Å². The van der Waals surface area contributed by atoms with Crippen LogP contribution in [0.25, 0.3) is 0 Å². The lowest BCUT2D eigenvalue weighted by Crippen LogP contribution is -2.46. The average Bonchev–Trinajstić information content (AvgIpc) is 2.08. The van der Waals surface area contributed by atoms with Crippen molar-refractivity contribution < 1.29 is 30.3 Å². The number of hydrogen-bond acceptors (Lipinski definition) is 6. The van der Waals surface area contributed by atoms with Gasteiger partial charge in [0.1, 0.15) is 12.2 Å². The molecule has 1 heterocycles. The summed E-state index contributed by atoms with van der Waals surface area (Å²) in [5, 5.41) is 44.3. The van der Waals surface area contributed by atoms with Gasteiger partial charge in [-0.15, -0.1) is 0 Å². The molecule has 0 amide bonds. The number of hydrogen-bond donors (Lipinski definition) is 5. The maximum atomic E-state index is 9.09. The number of aliphatic hydroxyl groups excluding tert-OH is 5. The van der Waals surface area contributed by atoms with Gasteiger partial charge in [-0.3, -0.25) is 0 Å². The monoisotopic (exact) mass is 178 g/mol. The Morgan fingerprint density at radius 1 is 1.25 bits per heavy atom. The Morgan fingerprint density at radius 3 is 2.33 bits per heavy atom. The molecule has 0 aromatic carbocycles. The Hall–Kier alpha value is -0.980. The van der Waals surface area contributed by atoms with Crippen LogP contribution in [0.4, 0.5) is 0 Å². The van der Waals surface area contributed by atoms with Gasteiger partial charge >= 0.3 is 5.95 Å². The summed E-state index contributed by atoms with van der Waals surface area (Å²) < 4.78 is 4.46. The van der Waals surface area contributed by atoms with Crippen molar-refractivity contribution in [3.8, 4) is 0 Å². The minimum absolute atomic E-state index is 0.560. The molecule has 70 valence electrons. The predicted octanol–water partition coefficient (Wildman–Crippen LogP) is -1.62. The van der Waals surface area contributed by atoms with E-state index < -0.39 is 36.6 Å². The highest BCUT2D eigenvalue weighted by Gasteiger charge is 2.37. The van der Waals surface area contributed by atoms with E-state index in [0.29, 0.717) is 0 Å². The molecule has 3 atom stereocenters. The Kier molecular flexibility index (Phi) is 2.41. The molecule has 6 nitrogen and oxygen atoms in total. The van der Waals surface area contributed by atoms with Crippen LogP contribution in [-0.2, 0) is 4.74 Å². The van der Waals surface area contributed by atoms with Gasteiger partial charge in [0.25, 0.3) is 0 Å².